The van der Waals surface area contributed by atoms with E-state index in [-0.39, 0.29) is 0 Å². The van der Waals surface area contributed by atoms with Crippen molar-refractivity contribution < 1.29 is 4.74 Å². The van der Waals surface area contributed by atoms with E-state index in [4.69, 9.17) is 16.3 Å². The molecule has 0 aliphatic heterocycles. The molecule has 0 saturated heterocycles. The quantitative estimate of drug-likeness (QED) is 0.727. The Morgan fingerprint density at radius 2 is 1.86 bits per heavy atom. The number of nitrogens with one attached hydrogen (secondary N) is 1. The van der Waals surface area contributed by atoms with Gasteiger partial charge in [0, 0.05) is 11.0 Å². The third-order valence-corrected chi connectivity index (χ3v) is 3.98. The van der Waals surface area contributed by atoms with Gasteiger partial charge in [-0.1, -0.05) is 47.4 Å². The molecule has 0 radical (unpaired) electrons. The van der Waals surface area contributed by atoms with Crippen LogP contribution >= 0.6 is 27.5 Å². The van der Waals surface area contributed by atoms with E-state index in [9.17, 15) is 0 Å². The minimum atomic E-state index is 0.375. The van der Waals surface area contributed by atoms with E-state index in [0.29, 0.717) is 16.7 Å². The molecule has 1 N–H and O–H groups in total. The molecule has 21 heavy (non-hydrogen) atoms. The van der Waals surface area contributed by atoms with Gasteiger partial charge >= 0.3 is 0 Å². The van der Waals surface area contributed by atoms with Crippen molar-refractivity contribution in [2.45, 2.75) is 26.3 Å². The van der Waals surface area contributed by atoms with Crippen LogP contribution in [0.4, 0.5) is 0 Å². The molecule has 0 unspecified atom stereocenters. The second-order valence-corrected chi connectivity index (χ2v) is 6.56. The first-order valence-corrected chi connectivity index (χ1v) is 8.08. The molecular formula is C17H19BrClNO. The molecule has 0 spiro atoms. The summed E-state index contributed by atoms with van der Waals surface area (Å²) in [5, 5.41) is 3.73. The molecule has 0 fully saturated rings. The molecule has 0 heterocycles. The zero-order valence-electron chi connectivity index (χ0n) is 12.4. The predicted molar refractivity (Wildman–Crippen MR) is 92.5 cm³/mol. The fourth-order valence-corrected chi connectivity index (χ4v) is 2.74. The second kappa shape index (κ2) is 7.30. The summed E-state index contributed by atoms with van der Waals surface area (Å²) < 4.78 is 7.07. The van der Waals surface area contributed by atoms with E-state index in [1.165, 1.54) is 0 Å². The average Bonchev–Trinajstić information content (AvgIpc) is 2.43. The van der Waals surface area contributed by atoms with E-state index in [0.717, 1.165) is 27.9 Å². The molecule has 2 nitrogen and oxygen atoms in total. The highest BCUT2D eigenvalue weighted by atomic mass is 79.9. The zero-order chi connectivity index (χ0) is 15.4. The van der Waals surface area contributed by atoms with Crippen LogP contribution in [0, 0.1) is 0 Å². The van der Waals surface area contributed by atoms with Gasteiger partial charge < -0.3 is 10.1 Å². The minimum absolute atomic E-state index is 0.375. The molecule has 2 aromatic rings. The van der Waals surface area contributed by atoms with E-state index in [1.807, 2.05) is 37.4 Å². The van der Waals surface area contributed by atoms with Crippen LogP contribution in [0.1, 0.15) is 30.9 Å². The van der Waals surface area contributed by atoms with Crippen LogP contribution in [-0.2, 0) is 6.54 Å². The molecule has 0 aliphatic rings. The Labute approximate surface area is 139 Å². The first-order valence-electron chi connectivity index (χ1n) is 6.91. The summed E-state index contributed by atoms with van der Waals surface area (Å²) >= 11 is 9.82. The maximum absolute atomic E-state index is 6.32. The van der Waals surface area contributed by atoms with Gasteiger partial charge in [0.15, 0.2) is 0 Å². The largest absolute Gasteiger partial charge is 0.456 e. The molecule has 0 saturated carbocycles. The topological polar surface area (TPSA) is 21.3 Å². The average molecular weight is 369 g/mol. The van der Waals surface area contributed by atoms with Crippen molar-refractivity contribution in [1.82, 2.24) is 5.32 Å². The maximum Gasteiger partial charge on any atom is 0.146 e. The van der Waals surface area contributed by atoms with Crippen LogP contribution in [0.25, 0.3) is 0 Å². The molecule has 2 aromatic carbocycles. The summed E-state index contributed by atoms with van der Waals surface area (Å²) in [5.74, 6) is 1.90. The highest BCUT2D eigenvalue weighted by molar-refractivity contribution is 9.10. The molecular weight excluding hydrogens is 350 g/mol. The SMILES string of the molecule is CNCc1ccc(Oc2ccc(Br)cc2C(C)C)c(Cl)c1. The molecule has 112 valence electrons. The molecule has 0 bridgehead atoms. The van der Waals surface area contributed by atoms with E-state index in [1.54, 1.807) is 0 Å². The normalized spacial score (nSPS) is 11.0. The summed E-state index contributed by atoms with van der Waals surface area (Å²) in [6.07, 6.45) is 0. The van der Waals surface area contributed by atoms with Gasteiger partial charge in [-0.25, -0.2) is 0 Å². The lowest BCUT2D eigenvalue weighted by Crippen LogP contribution is -2.04. The minimum Gasteiger partial charge on any atom is -0.456 e. The van der Waals surface area contributed by atoms with Crippen molar-refractivity contribution in [1.29, 1.82) is 0 Å². The Morgan fingerprint density at radius 1 is 1.14 bits per heavy atom. The van der Waals surface area contributed by atoms with Crippen molar-refractivity contribution in [3.63, 3.8) is 0 Å². The zero-order valence-corrected chi connectivity index (χ0v) is 14.8. The first kappa shape index (κ1) is 16.3. The highest BCUT2D eigenvalue weighted by Crippen LogP contribution is 2.36. The molecule has 0 atom stereocenters. The third kappa shape index (κ3) is 4.22. The van der Waals surface area contributed by atoms with Crippen LogP contribution in [0.3, 0.4) is 0 Å². The Morgan fingerprint density at radius 3 is 2.48 bits per heavy atom. The summed E-state index contributed by atoms with van der Waals surface area (Å²) in [5.41, 5.74) is 2.29. The maximum atomic E-state index is 6.32. The van der Waals surface area contributed by atoms with Crippen LogP contribution in [0.15, 0.2) is 40.9 Å². The Hall–Kier alpha value is -1.03. The fourth-order valence-electron chi connectivity index (χ4n) is 2.12. The number of ether oxygens (including phenoxy) is 1. The van der Waals surface area contributed by atoms with Gasteiger partial charge in [-0.2, -0.15) is 0 Å². The summed E-state index contributed by atoms with van der Waals surface area (Å²) in [4.78, 5) is 0. The summed E-state index contributed by atoms with van der Waals surface area (Å²) in [7, 11) is 1.91. The number of hydrogen-bond acceptors (Lipinski definition) is 2. The van der Waals surface area contributed by atoms with Gasteiger partial charge in [0.25, 0.3) is 0 Å². The smallest absolute Gasteiger partial charge is 0.146 e. The Bertz CT molecular complexity index is 628. The highest BCUT2D eigenvalue weighted by Gasteiger charge is 2.11. The lowest BCUT2D eigenvalue weighted by atomic mass is 10.0. The Kier molecular flexibility index (Phi) is 5.68. The van der Waals surface area contributed by atoms with Crippen molar-refractivity contribution in [2.75, 3.05) is 7.05 Å². The Balaban J connectivity index is 2.30. The predicted octanol–water partition coefficient (Wildman–Crippen LogP) is 5.74. The van der Waals surface area contributed by atoms with E-state index < -0.39 is 0 Å². The number of hydrogen-bond donors (Lipinski definition) is 1. The van der Waals surface area contributed by atoms with Gasteiger partial charge in [-0.3, -0.25) is 0 Å². The lowest BCUT2D eigenvalue weighted by Gasteiger charge is -2.15. The van der Waals surface area contributed by atoms with Crippen molar-refractivity contribution in [3.8, 4) is 11.5 Å². The number of halogens is 2. The van der Waals surface area contributed by atoms with Crippen LogP contribution < -0.4 is 10.1 Å². The van der Waals surface area contributed by atoms with Gasteiger partial charge in [0.2, 0.25) is 0 Å². The monoisotopic (exact) mass is 367 g/mol. The number of rotatable bonds is 5. The van der Waals surface area contributed by atoms with Crippen LogP contribution in [0.5, 0.6) is 11.5 Å². The molecule has 2 rings (SSSR count). The van der Waals surface area contributed by atoms with Crippen molar-refractivity contribution in [2.24, 2.45) is 0 Å². The summed E-state index contributed by atoms with van der Waals surface area (Å²) in [6.45, 7) is 5.08. The number of benzene rings is 2. The standard InChI is InChI=1S/C17H19BrClNO/c1-11(2)14-9-13(18)5-7-16(14)21-17-6-4-12(10-20-3)8-15(17)19/h4-9,11,20H,10H2,1-3H3. The third-order valence-electron chi connectivity index (χ3n) is 3.19. The van der Waals surface area contributed by atoms with E-state index in [2.05, 4.69) is 41.2 Å². The van der Waals surface area contributed by atoms with Crippen molar-refractivity contribution >= 4 is 27.5 Å². The van der Waals surface area contributed by atoms with Gasteiger partial charge in [0.1, 0.15) is 11.5 Å². The van der Waals surface area contributed by atoms with Crippen LogP contribution in [-0.4, -0.2) is 7.05 Å². The van der Waals surface area contributed by atoms with Gasteiger partial charge in [0.05, 0.1) is 5.02 Å². The molecule has 0 aliphatic carbocycles. The second-order valence-electron chi connectivity index (χ2n) is 5.23. The molecule has 4 heteroatoms. The van der Waals surface area contributed by atoms with Crippen LogP contribution in [0.2, 0.25) is 5.02 Å². The van der Waals surface area contributed by atoms with Gasteiger partial charge in [-0.15, -0.1) is 0 Å². The molecule has 0 aromatic heterocycles. The molecule has 0 amide bonds. The fraction of sp³-hybridized carbons (Fsp3) is 0.294. The lowest BCUT2D eigenvalue weighted by molar-refractivity contribution is 0.473. The van der Waals surface area contributed by atoms with Gasteiger partial charge in [-0.05, 0) is 54.4 Å². The van der Waals surface area contributed by atoms with Crippen molar-refractivity contribution in [3.05, 3.63) is 57.0 Å². The first-order chi connectivity index (χ1) is 10.0. The summed E-state index contributed by atoms with van der Waals surface area (Å²) in [6, 6.07) is 11.9. The van der Waals surface area contributed by atoms with E-state index >= 15 is 0 Å².